The Hall–Kier alpha value is -2.32. The molecule has 0 radical (unpaired) electrons. The van der Waals surface area contributed by atoms with Gasteiger partial charge < -0.3 is 10.1 Å². The molecule has 0 amide bonds. The zero-order valence-electron chi connectivity index (χ0n) is 13.0. The normalized spacial score (nSPS) is 12.3. The fourth-order valence-corrected chi connectivity index (χ4v) is 2.79. The Morgan fingerprint density at radius 1 is 0.955 bits per heavy atom. The van der Waals surface area contributed by atoms with Gasteiger partial charge >= 0.3 is 0 Å². The highest BCUT2D eigenvalue weighted by Gasteiger charge is 2.08. The van der Waals surface area contributed by atoms with E-state index in [1.54, 1.807) is 7.11 Å². The molecule has 2 nitrogen and oxygen atoms in total. The van der Waals surface area contributed by atoms with Crippen molar-refractivity contribution >= 4 is 10.8 Å². The molecule has 1 N–H and O–H groups in total. The Kier molecular flexibility index (Phi) is 4.40. The van der Waals surface area contributed by atoms with Crippen molar-refractivity contribution in [1.29, 1.82) is 0 Å². The van der Waals surface area contributed by atoms with Crippen LogP contribution < -0.4 is 10.1 Å². The molecule has 0 spiro atoms. The van der Waals surface area contributed by atoms with Gasteiger partial charge in [0, 0.05) is 12.6 Å². The first-order valence-corrected chi connectivity index (χ1v) is 7.62. The first-order chi connectivity index (χ1) is 10.8. The summed E-state index contributed by atoms with van der Waals surface area (Å²) in [5.41, 5.74) is 2.56. The third-order valence-electron chi connectivity index (χ3n) is 4.04. The van der Waals surface area contributed by atoms with Gasteiger partial charge in [0.1, 0.15) is 5.75 Å². The molecule has 22 heavy (non-hydrogen) atoms. The molecule has 3 rings (SSSR count). The summed E-state index contributed by atoms with van der Waals surface area (Å²) >= 11 is 0. The molecule has 0 bridgehead atoms. The average molecular weight is 291 g/mol. The fraction of sp³-hybridized carbons (Fsp3) is 0.200. The smallest absolute Gasteiger partial charge is 0.119 e. The van der Waals surface area contributed by atoms with E-state index in [0.717, 1.165) is 12.3 Å². The minimum absolute atomic E-state index is 0.289. The van der Waals surface area contributed by atoms with Gasteiger partial charge in [0.15, 0.2) is 0 Å². The molecule has 0 heterocycles. The number of nitrogens with one attached hydrogen (secondary N) is 1. The van der Waals surface area contributed by atoms with Crippen LogP contribution in [0.2, 0.25) is 0 Å². The van der Waals surface area contributed by atoms with Gasteiger partial charge in [-0.15, -0.1) is 0 Å². The maximum Gasteiger partial charge on any atom is 0.119 e. The molecule has 0 saturated carbocycles. The van der Waals surface area contributed by atoms with E-state index in [0.29, 0.717) is 0 Å². The van der Waals surface area contributed by atoms with Gasteiger partial charge in [-0.2, -0.15) is 0 Å². The van der Waals surface area contributed by atoms with E-state index in [9.17, 15) is 0 Å². The first kappa shape index (κ1) is 14.6. The summed E-state index contributed by atoms with van der Waals surface area (Å²) in [5, 5.41) is 6.21. The maximum atomic E-state index is 5.28. The summed E-state index contributed by atoms with van der Waals surface area (Å²) < 4.78 is 5.28. The van der Waals surface area contributed by atoms with Crippen LogP contribution in [0.15, 0.2) is 66.7 Å². The largest absolute Gasteiger partial charge is 0.497 e. The second kappa shape index (κ2) is 6.63. The van der Waals surface area contributed by atoms with Gasteiger partial charge in [0.05, 0.1) is 7.11 Å². The molecule has 112 valence electrons. The highest BCUT2D eigenvalue weighted by molar-refractivity contribution is 5.86. The Morgan fingerprint density at radius 2 is 1.73 bits per heavy atom. The van der Waals surface area contributed by atoms with Gasteiger partial charge in [-0.3, -0.25) is 0 Å². The molecule has 0 aliphatic rings. The van der Waals surface area contributed by atoms with Crippen molar-refractivity contribution in [2.75, 3.05) is 7.11 Å². The van der Waals surface area contributed by atoms with E-state index in [4.69, 9.17) is 4.74 Å². The summed E-state index contributed by atoms with van der Waals surface area (Å²) in [6.45, 7) is 3.03. The SMILES string of the molecule is COc1cccc(CN[C@H](C)c2cccc3ccccc23)c1. The van der Waals surface area contributed by atoms with Crippen LogP contribution in [0.3, 0.4) is 0 Å². The lowest BCUT2D eigenvalue weighted by Crippen LogP contribution is -2.18. The molecule has 3 aromatic carbocycles. The van der Waals surface area contributed by atoms with Crippen LogP contribution in [0, 0.1) is 0 Å². The van der Waals surface area contributed by atoms with Crippen molar-refractivity contribution in [3.8, 4) is 5.75 Å². The Labute approximate surface area is 131 Å². The number of rotatable bonds is 5. The third kappa shape index (κ3) is 3.12. The Bertz CT molecular complexity index is 761. The first-order valence-electron chi connectivity index (χ1n) is 7.62. The second-order valence-corrected chi connectivity index (χ2v) is 5.52. The van der Waals surface area contributed by atoms with Crippen LogP contribution in [0.5, 0.6) is 5.75 Å². The van der Waals surface area contributed by atoms with E-state index in [1.165, 1.54) is 21.9 Å². The summed E-state index contributed by atoms with van der Waals surface area (Å²) in [5.74, 6) is 0.900. The molecule has 0 fully saturated rings. The molecule has 0 aliphatic carbocycles. The summed E-state index contributed by atoms with van der Waals surface area (Å²) in [6, 6.07) is 23.5. The van der Waals surface area contributed by atoms with E-state index >= 15 is 0 Å². The molecular weight excluding hydrogens is 270 g/mol. The third-order valence-corrected chi connectivity index (χ3v) is 4.04. The standard InChI is InChI=1S/C20H21NO/c1-15(21-14-16-7-5-10-18(13-16)22-2)19-12-6-9-17-8-3-4-11-20(17)19/h3-13,15,21H,14H2,1-2H3/t15-/m1/s1. The van der Waals surface area contributed by atoms with Crippen LogP contribution >= 0.6 is 0 Å². The van der Waals surface area contributed by atoms with Crippen LogP contribution in [-0.4, -0.2) is 7.11 Å². The lowest BCUT2D eigenvalue weighted by molar-refractivity contribution is 0.414. The Balaban J connectivity index is 1.77. The number of fused-ring (bicyclic) bond motifs is 1. The van der Waals surface area contributed by atoms with Gasteiger partial charge in [-0.1, -0.05) is 54.6 Å². The number of ether oxygens (including phenoxy) is 1. The average Bonchev–Trinajstić information content (AvgIpc) is 2.59. The number of methoxy groups -OCH3 is 1. The monoisotopic (exact) mass is 291 g/mol. The van der Waals surface area contributed by atoms with Crippen molar-refractivity contribution in [2.24, 2.45) is 0 Å². The minimum atomic E-state index is 0.289. The van der Waals surface area contributed by atoms with E-state index < -0.39 is 0 Å². The zero-order chi connectivity index (χ0) is 15.4. The van der Waals surface area contributed by atoms with Gasteiger partial charge in [0.25, 0.3) is 0 Å². The fourth-order valence-electron chi connectivity index (χ4n) is 2.79. The molecule has 0 aliphatic heterocycles. The summed E-state index contributed by atoms with van der Waals surface area (Å²) in [4.78, 5) is 0. The van der Waals surface area contributed by atoms with Crippen molar-refractivity contribution in [3.05, 3.63) is 77.9 Å². The molecule has 0 unspecified atom stereocenters. The van der Waals surface area contributed by atoms with Crippen molar-refractivity contribution in [3.63, 3.8) is 0 Å². The maximum absolute atomic E-state index is 5.28. The van der Waals surface area contributed by atoms with E-state index in [2.05, 4.69) is 66.8 Å². The minimum Gasteiger partial charge on any atom is -0.497 e. The van der Waals surface area contributed by atoms with Crippen molar-refractivity contribution < 1.29 is 4.74 Å². The highest BCUT2D eigenvalue weighted by Crippen LogP contribution is 2.24. The van der Waals surface area contributed by atoms with Crippen LogP contribution in [0.1, 0.15) is 24.1 Å². The summed E-state index contributed by atoms with van der Waals surface area (Å²) in [6.07, 6.45) is 0. The van der Waals surface area contributed by atoms with Crippen molar-refractivity contribution in [1.82, 2.24) is 5.32 Å². The van der Waals surface area contributed by atoms with Gasteiger partial charge in [-0.25, -0.2) is 0 Å². The predicted octanol–water partition coefficient (Wildman–Crippen LogP) is 4.70. The number of benzene rings is 3. The lowest BCUT2D eigenvalue weighted by Gasteiger charge is -2.17. The highest BCUT2D eigenvalue weighted by atomic mass is 16.5. The van der Waals surface area contributed by atoms with Crippen LogP contribution in [0.25, 0.3) is 10.8 Å². The summed E-state index contributed by atoms with van der Waals surface area (Å²) in [7, 11) is 1.70. The zero-order valence-corrected chi connectivity index (χ0v) is 13.0. The van der Waals surface area contributed by atoms with Crippen molar-refractivity contribution in [2.45, 2.75) is 19.5 Å². The topological polar surface area (TPSA) is 21.3 Å². The van der Waals surface area contributed by atoms with E-state index in [-0.39, 0.29) is 6.04 Å². The van der Waals surface area contributed by atoms with Gasteiger partial charge in [0.2, 0.25) is 0 Å². The number of hydrogen-bond donors (Lipinski definition) is 1. The van der Waals surface area contributed by atoms with Gasteiger partial charge in [-0.05, 0) is 41.0 Å². The van der Waals surface area contributed by atoms with E-state index in [1.807, 2.05) is 12.1 Å². The number of hydrogen-bond acceptors (Lipinski definition) is 2. The lowest BCUT2D eigenvalue weighted by atomic mass is 9.99. The second-order valence-electron chi connectivity index (χ2n) is 5.52. The molecular formula is C20H21NO. The van der Waals surface area contributed by atoms with Crippen LogP contribution in [0.4, 0.5) is 0 Å². The molecule has 3 aromatic rings. The Morgan fingerprint density at radius 3 is 2.59 bits per heavy atom. The van der Waals surface area contributed by atoms with Crippen LogP contribution in [-0.2, 0) is 6.54 Å². The quantitative estimate of drug-likeness (QED) is 0.735. The predicted molar refractivity (Wildman–Crippen MR) is 92.2 cm³/mol. The molecule has 2 heteroatoms. The molecule has 0 aromatic heterocycles. The molecule has 1 atom stereocenters. The molecule has 0 saturated heterocycles.